The van der Waals surface area contributed by atoms with Gasteiger partial charge in [0.2, 0.25) is 0 Å². The molecule has 0 saturated carbocycles. The lowest BCUT2D eigenvalue weighted by atomic mass is 10.2. The minimum atomic E-state index is -0.248. The first kappa shape index (κ1) is 21.9. The molecule has 3 rings (SSSR count). The normalized spacial score (nSPS) is 10.4. The van der Waals surface area contributed by atoms with Crippen LogP contribution in [0.1, 0.15) is 20.7 Å². The summed E-state index contributed by atoms with van der Waals surface area (Å²) in [5, 5.41) is 2.85. The van der Waals surface area contributed by atoms with Crippen molar-refractivity contribution in [1.82, 2.24) is 0 Å². The topological polar surface area (TPSA) is 64.6 Å². The van der Waals surface area contributed by atoms with Gasteiger partial charge in [0.1, 0.15) is 0 Å². The maximum absolute atomic E-state index is 12.5. The maximum Gasteiger partial charge on any atom is 0.255 e. The Hall–Kier alpha value is -2.77. The van der Waals surface area contributed by atoms with E-state index in [1.165, 1.54) is 18.9 Å². The van der Waals surface area contributed by atoms with Gasteiger partial charge in [0.25, 0.3) is 5.91 Å². The zero-order valence-corrected chi connectivity index (χ0v) is 18.9. The Balaban J connectivity index is 1.58. The number of hydrogen-bond donors (Lipinski definition) is 1. The molecule has 0 saturated heterocycles. The monoisotopic (exact) mass is 485 g/mol. The fourth-order valence-electron chi connectivity index (χ4n) is 2.68. The zero-order valence-electron chi connectivity index (χ0n) is 16.5. The van der Waals surface area contributed by atoms with E-state index < -0.39 is 0 Å². The summed E-state index contributed by atoms with van der Waals surface area (Å²) in [6.07, 6.45) is 0. The highest BCUT2D eigenvalue weighted by Gasteiger charge is 2.11. The lowest BCUT2D eigenvalue weighted by molar-refractivity contribution is 0.101. The van der Waals surface area contributed by atoms with Gasteiger partial charge in [-0.1, -0.05) is 28.1 Å². The van der Waals surface area contributed by atoms with Crippen LogP contribution in [-0.2, 0) is 0 Å². The van der Waals surface area contributed by atoms with E-state index in [9.17, 15) is 9.59 Å². The third-order valence-corrected chi connectivity index (χ3v) is 5.83. The number of rotatable bonds is 8. The average molecular weight is 486 g/mol. The molecule has 0 unspecified atom stereocenters. The number of hydrogen-bond acceptors (Lipinski definition) is 5. The van der Waals surface area contributed by atoms with Crippen molar-refractivity contribution in [3.63, 3.8) is 0 Å². The van der Waals surface area contributed by atoms with E-state index in [2.05, 4.69) is 21.2 Å². The number of carbonyl (C=O) groups is 2. The Morgan fingerprint density at radius 1 is 0.867 bits per heavy atom. The van der Waals surface area contributed by atoms with Crippen LogP contribution in [0.2, 0.25) is 0 Å². The van der Waals surface area contributed by atoms with Gasteiger partial charge in [0, 0.05) is 26.2 Å². The minimum absolute atomic E-state index is 0.0679. The van der Waals surface area contributed by atoms with Gasteiger partial charge >= 0.3 is 0 Å². The maximum atomic E-state index is 12.5. The number of carbonyl (C=O) groups excluding carboxylic acids is 2. The standard InChI is InChI=1S/C23H20BrNO4S/c1-28-21-12-5-16(13-22(21)29-2)23(27)25-18-8-10-19(11-9-18)30-14-20(26)15-3-6-17(24)7-4-15/h3-13H,14H2,1-2H3,(H,25,27). The van der Waals surface area contributed by atoms with Crippen molar-refractivity contribution >= 4 is 45.1 Å². The second kappa shape index (κ2) is 10.3. The number of nitrogens with one attached hydrogen (secondary N) is 1. The van der Waals surface area contributed by atoms with Gasteiger partial charge < -0.3 is 14.8 Å². The van der Waals surface area contributed by atoms with Crippen molar-refractivity contribution in [2.45, 2.75) is 4.90 Å². The van der Waals surface area contributed by atoms with Crippen molar-refractivity contribution in [3.05, 3.63) is 82.3 Å². The first-order chi connectivity index (χ1) is 14.5. The van der Waals surface area contributed by atoms with E-state index in [1.807, 2.05) is 36.4 Å². The Bertz CT molecular complexity index is 1040. The molecule has 0 fully saturated rings. The number of benzene rings is 3. The van der Waals surface area contributed by atoms with E-state index in [4.69, 9.17) is 9.47 Å². The summed E-state index contributed by atoms with van der Waals surface area (Å²) in [5.74, 6) is 1.22. The lowest BCUT2D eigenvalue weighted by Crippen LogP contribution is -2.12. The lowest BCUT2D eigenvalue weighted by Gasteiger charge is -2.10. The number of halogens is 1. The molecule has 0 radical (unpaired) electrons. The van der Waals surface area contributed by atoms with Gasteiger partial charge in [-0.3, -0.25) is 9.59 Å². The van der Waals surface area contributed by atoms with E-state index in [0.29, 0.717) is 34.1 Å². The second-order valence-electron chi connectivity index (χ2n) is 6.27. The van der Waals surface area contributed by atoms with Crippen molar-refractivity contribution in [2.75, 3.05) is 25.3 Å². The van der Waals surface area contributed by atoms with Crippen LogP contribution in [0, 0.1) is 0 Å². The average Bonchev–Trinajstić information content (AvgIpc) is 2.78. The first-order valence-electron chi connectivity index (χ1n) is 9.05. The van der Waals surface area contributed by atoms with E-state index in [0.717, 1.165) is 9.37 Å². The van der Waals surface area contributed by atoms with Crippen molar-refractivity contribution in [2.24, 2.45) is 0 Å². The molecule has 1 N–H and O–H groups in total. The highest BCUT2D eigenvalue weighted by Crippen LogP contribution is 2.28. The van der Waals surface area contributed by atoms with Crippen LogP contribution in [0.3, 0.4) is 0 Å². The van der Waals surface area contributed by atoms with Gasteiger partial charge in [-0.05, 0) is 54.6 Å². The molecule has 0 aliphatic rings. The van der Waals surface area contributed by atoms with Gasteiger partial charge in [0.15, 0.2) is 17.3 Å². The molecule has 30 heavy (non-hydrogen) atoms. The van der Waals surface area contributed by atoms with Crippen LogP contribution in [0.4, 0.5) is 5.69 Å². The molecule has 0 aliphatic heterocycles. The predicted molar refractivity (Wildman–Crippen MR) is 123 cm³/mol. The smallest absolute Gasteiger partial charge is 0.255 e. The molecule has 0 spiro atoms. The Morgan fingerprint density at radius 2 is 1.50 bits per heavy atom. The van der Waals surface area contributed by atoms with Crippen LogP contribution in [0.25, 0.3) is 0 Å². The molecule has 3 aromatic rings. The van der Waals surface area contributed by atoms with Crippen LogP contribution >= 0.6 is 27.7 Å². The molecular weight excluding hydrogens is 466 g/mol. The quantitative estimate of drug-likeness (QED) is 0.327. The molecular formula is C23H20BrNO4S. The number of methoxy groups -OCH3 is 2. The molecule has 0 heterocycles. The Morgan fingerprint density at radius 3 is 2.13 bits per heavy atom. The third-order valence-electron chi connectivity index (χ3n) is 4.29. The van der Waals surface area contributed by atoms with E-state index in [1.54, 1.807) is 37.4 Å². The predicted octanol–water partition coefficient (Wildman–Crippen LogP) is 5.69. The molecule has 0 aromatic heterocycles. The number of amides is 1. The van der Waals surface area contributed by atoms with Gasteiger partial charge in [0.05, 0.1) is 20.0 Å². The molecule has 0 aliphatic carbocycles. The summed E-state index contributed by atoms with van der Waals surface area (Å²) in [4.78, 5) is 25.7. The Labute approximate surface area is 187 Å². The van der Waals surface area contributed by atoms with Crippen LogP contribution in [0.15, 0.2) is 76.1 Å². The summed E-state index contributed by atoms with van der Waals surface area (Å²) in [7, 11) is 3.07. The zero-order chi connectivity index (χ0) is 21.5. The van der Waals surface area contributed by atoms with Crippen molar-refractivity contribution in [3.8, 4) is 11.5 Å². The Kier molecular flexibility index (Phi) is 7.54. The fraction of sp³-hybridized carbons (Fsp3) is 0.130. The first-order valence-corrected chi connectivity index (χ1v) is 10.8. The number of ketones is 1. The molecule has 1 amide bonds. The molecule has 5 nitrogen and oxygen atoms in total. The molecule has 154 valence electrons. The van der Waals surface area contributed by atoms with Crippen LogP contribution in [0.5, 0.6) is 11.5 Å². The number of ether oxygens (including phenoxy) is 2. The number of anilines is 1. The minimum Gasteiger partial charge on any atom is -0.493 e. The summed E-state index contributed by atoms with van der Waals surface area (Å²) in [5.41, 5.74) is 1.81. The van der Waals surface area contributed by atoms with Crippen molar-refractivity contribution < 1.29 is 19.1 Å². The number of Topliss-reactive ketones (excluding diaryl/α,β-unsaturated/α-hetero) is 1. The number of thioether (sulfide) groups is 1. The molecule has 0 atom stereocenters. The van der Waals surface area contributed by atoms with Gasteiger partial charge in [-0.15, -0.1) is 11.8 Å². The van der Waals surface area contributed by atoms with Crippen LogP contribution in [-0.4, -0.2) is 31.7 Å². The van der Waals surface area contributed by atoms with Crippen LogP contribution < -0.4 is 14.8 Å². The summed E-state index contributed by atoms with van der Waals surface area (Å²) in [6, 6.07) is 19.7. The highest BCUT2D eigenvalue weighted by molar-refractivity contribution is 9.10. The van der Waals surface area contributed by atoms with Gasteiger partial charge in [-0.2, -0.15) is 0 Å². The highest BCUT2D eigenvalue weighted by atomic mass is 79.9. The SMILES string of the molecule is COc1ccc(C(=O)Nc2ccc(SCC(=O)c3ccc(Br)cc3)cc2)cc1OC. The summed E-state index contributed by atoms with van der Waals surface area (Å²) in [6.45, 7) is 0. The van der Waals surface area contributed by atoms with E-state index in [-0.39, 0.29) is 11.7 Å². The fourth-order valence-corrected chi connectivity index (χ4v) is 3.74. The summed E-state index contributed by atoms with van der Waals surface area (Å²) >= 11 is 4.82. The molecule has 7 heteroatoms. The third kappa shape index (κ3) is 5.64. The molecule has 3 aromatic carbocycles. The van der Waals surface area contributed by atoms with E-state index >= 15 is 0 Å². The van der Waals surface area contributed by atoms with Gasteiger partial charge in [-0.25, -0.2) is 0 Å². The molecule has 0 bridgehead atoms. The second-order valence-corrected chi connectivity index (χ2v) is 8.23. The van der Waals surface area contributed by atoms with Crippen molar-refractivity contribution in [1.29, 1.82) is 0 Å². The summed E-state index contributed by atoms with van der Waals surface area (Å²) < 4.78 is 11.4. The largest absolute Gasteiger partial charge is 0.493 e.